The molecule has 0 aliphatic rings. The minimum Gasteiger partial charge on any atom is -0.392 e. The third kappa shape index (κ3) is 3.11. The first-order valence-corrected chi connectivity index (χ1v) is 5.62. The van der Waals surface area contributed by atoms with E-state index in [0.717, 1.165) is 16.8 Å². The van der Waals surface area contributed by atoms with Crippen LogP contribution in [-0.4, -0.2) is 16.5 Å². The quantitative estimate of drug-likeness (QED) is 0.903. The van der Waals surface area contributed by atoms with Crippen molar-refractivity contribution in [2.75, 3.05) is 0 Å². The number of pyridine rings is 1. The largest absolute Gasteiger partial charge is 0.392 e. The Morgan fingerprint density at radius 2 is 1.67 bits per heavy atom. The first-order valence-electron chi connectivity index (χ1n) is 5.62. The maximum absolute atomic E-state index is 12.2. The summed E-state index contributed by atoms with van der Waals surface area (Å²) in [6.45, 7) is 0.00103. The fourth-order valence-electron chi connectivity index (χ4n) is 1.68. The van der Waals surface area contributed by atoms with Gasteiger partial charge in [0, 0.05) is 18.2 Å². The van der Waals surface area contributed by atoms with Gasteiger partial charge in [-0.15, -0.1) is 0 Å². The molecule has 0 saturated carbocycles. The molecular formula is C14H13F2NO. The normalized spacial score (nSPS) is 10.9. The Balaban J connectivity index is 2.17. The number of hydrogen-bond acceptors (Lipinski definition) is 2. The van der Waals surface area contributed by atoms with E-state index >= 15 is 0 Å². The second kappa shape index (κ2) is 5.69. The summed E-state index contributed by atoms with van der Waals surface area (Å²) < 4.78 is 24.4. The molecular weight excluding hydrogens is 236 g/mol. The molecule has 0 aliphatic carbocycles. The first-order chi connectivity index (χ1) is 8.69. The van der Waals surface area contributed by atoms with Crippen molar-refractivity contribution in [3.05, 3.63) is 53.7 Å². The highest BCUT2D eigenvalue weighted by Crippen LogP contribution is 2.18. The Morgan fingerprint density at radius 3 is 2.17 bits per heavy atom. The number of rotatable bonds is 4. The van der Waals surface area contributed by atoms with E-state index in [2.05, 4.69) is 4.98 Å². The fourth-order valence-corrected chi connectivity index (χ4v) is 1.68. The number of aromatic nitrogens is 1. The van der Waals surface area contributed by atoms with E-state index in [1.165, 1.54) is 6.20 Å². The molecule has 0 fully saturated rings. The zero-order valence-corrected chi connectivity index (χ0v) is 9.68. The van der Waals surface area contributed by atoms with Gasteiger partial charge in [0.25, 0.3) is 0 Å². The van der Waals surface area contributed by atoms with Crippen molar-refractivity contribution < 1.29 is 13.9 Å². The van der Waals surface area contributed by atoms with Gasteiger partial charge in [0.1, 0.15) is 0 Å². The van der Waals surface area contributed by atoms with E-state index in [-0.39, 0.29) is 13.0 Å². The average molecular weight is 249 g/mol. The van der Waals surface area contributed by atoms with E-state index < -0.39 is 6.43 Å². The SMILES string of the molecule is OCc1ccc(-c2ccc(CC(F)F)cn2)cc1. The lowest BCUT2D eigenvalue weighted by Gasteiger charge is -2.04. The zero-order valence-electron chi connectivity index (χ0n) is 9.68. The topological polar surface area (TPSA) is 33.1 Å². The Hall–Kier alpha value is -1.81. The van der Waals surface area contributed by atoms with E-state index in [1.807, 2.05) is 24.3 Å². The van der Waals surface area contributed by atoms with Gasteiger partial charge in [-0.05, 0) is 17.2 Å². The number of aliphatic hydroxyl groups is 1. The van der Waals surface area contributed by atoms with Crippen LogP contribution in [0.3, 0.4) is 0 Å². The van der Waals surface area contributed by atoms with Crippen LogP contribution in [-0.2, 0) is 13.0 Å². The second-order valence-electron chi connectivity index (χ2n) is 4.00. The van der Waals surface area contributed by atoms with Crippen LogP contribution in [0, 0.1) is 0 Å². The Morgan fingerprint density at radius 1 is 1.00 bits per heavy atom. The molecule has 0 saturated heterocycles. The number of alkyl halides is 2. The van der Waals surface area contributed by atoms with Crippen LogP contribution >= 0.6 is 0 Å². The van der Waals surface area contributed by atoms with Crippen molar-refractivity contribution in [3.8, 4) is 11.3 Å². The number of hydrogen-bond donors (Lipinski definition) is 1. The number of benzene rings is 1. The number of aliphatic hydroxyl groups excluding tert-OH is 1. The fraction of sp³-hybridized carbons (Fsp3) is 0.214. The summed E-state index contributed by atoms with van der Waals surface area (Å²) in [5.74, 6) is 0. The van der Waals surface area contributed by atoms with Gasteiger partial charge in [-0.2, -0.15) is 0 Å². The summed E-state index contributed by atoms with van der Waals surface area (Å²) in [6, 6.07) is 10.7. The summed E-state index contributed by atoms with van der Waals surface area (Å²) in [6.07, 6.45) is -1.14. The Bertz CT molecular complexity index is 494. The molecule has 0 amide bonds. The maximum atomic E-state index is 12.2. The van der Waals surface area contributed by atoms with Crippen molar-refractivity contribution >= 4 is 0 Å². The standard InChI is InChI=1S/C14H13F2NO/c15-14(16)7-11-3-6-13(17-8-11)12-4-1-10(9-18)2-5-12/h1-6,8,14,18H,7,9H2. The van der Waals surface area contributed by atoms with E-state index in [9.17, 15) is 8.78 Å². The van der Waals surface area contributed by atoms with Crippen molar-refractivity contribution in [1.29, 1.82) is 0 Å². The van der Waals surface area contributed by atoms with Gasteiger partial charge in [-0.1, -0.05) is 30.3 Å². The smallest absolute Gasteiger partial charge is 0.242 e. The molecule has 4 heteroatoms. The highest BCUT2D eigenvalue weighted by atomic mass is 19.3. The molecule has 1 aromatic carbocycles. The molecule has 94 valence electrons. The van der Waals surface area contributed by atoms with Crippen LogP contribution in [0.25, 0.3) is 11.3 Å². The Labute approximate surface area is 104 Å². The van der Waals surface area contributed by atoms with E-state index in [0.29, 0.717) is 5.56 Å². The lowest BCUT2D eigenvalue weighted by molar-refractivity contribution is 0.149. The summed E-state index contributed by atoms with van der Waals surface area (Å²) in [5, 5.41) is 8.93. The molecule has 0 aliphatic heterocycles. The van der Waals surface area contributed by atoms with Crippen LogP contribution in [0.1, 0.15) is 11.1 Å². The van der Waals surface area contributed by atoms with Gasteiger partial charge in [-0.25, -0.2) is 8.78 Å². The van der Waals surface area contributed by atoms with Gasteiger partial charge in [0.15, 0.2) is 0 Å². The summed E-state index contributed by atoms with van der Waals surface area (Å²) >= 11 is 0. The minimum atomic E-state index is -2.35. The van der Waals surface area contributed by atoms with E-state index in [1.54, 1.807) is 12.1 Å². The summed E-state index contributed by atoms with van der Waals surface area (Å²) in [7, 11) is 0. The average Bonchev–Trinajstić information content (AvgIpc) is 2.39. The summed E-state index contributed by atoms with van der Waals surface area (Å²) in [5.41, 5.74) is 2.99. The third-order valence-electron chi connectivity index (χ3n) is 2.65. The van der Waals surface area contributed by atoms with Crippen molar-refractivity contribution in [2.24, 2.45) is 0 Å². The second-order valence-corrected chi connectivity index (χ2v) is 4.00. The highest BCUT2D eigenvalue weighted by Gasteiger charge is 2.05. The van der Waals surface area contributed by atoms with Crippen molar-refractivity contribution in [1.82, 2.24) is 4.98 Å². The Kier molecular flexibility index (Phi) is 3.99. The lowest BCUT2D eigenvalue weighted by Crippen LogP contribution is -1.97. The molecule has 1 aromatic heterocycles. The van der Waals surface area contributed by atoms with Crippen molar-refractivity contribution in [2.45, 2.75) is 19.5 Å². The van der Waals surface area contributed by atoms with Crippen molar-refractivity contribution in [3.63, 3.8) is 0 Å². The van der Waals surface area contributed by atoms with Crippen LogP contribution in [0.15, 0.2) is 42.6 Å². The minimum absolute atomic E-state index is 0.00103. The predicted octanol–water partition coefficient (Wildman–Crippen LogP) is 3.05. The zero-order chi connectivity index (χ0) is 13.0. The molecule has 0 atom stereocenters. The molecule has 2 nitrogen and oxygen atoms in total. The molecule has 1 heterocycles. The molecule has 2 aromatic rings. The monoisotopic (exact) mass is 249 g/mol. The third-order valence-corrected chi connectivity index (χ3v) is 2.65. The molecule has 0 spiro atoms. The predicted molar refractivity (Wildman–Crippen MR) is 65.3 cm³/mol. The van der Waals surface area contributed by atoms with Crippen LogP contribution in [0.4, 0.5) is 8.78 Å². The van der Waals surface area contributed by atoms with E-state index in [4.69, 9.17) is 5.11 Å². The van der Waals surface area contributed by atoms with Gasteiger partial charge >= 0.3 is 0 Å². The number of nitrogens with zero attached hydrogens (tertiary/aromatic N) is 1. The molecule has 0 radical (unpaired) electrons. The van der Waals surface area contributed by atoms with Gasteiger partial charge in [-0.3, -0.25) is 4.98 Å². The van der Waals surface area contributed by atoms with Gasteiger partial charge in [0.2, 0.25) is 6.43 Å². The molecule has 1 N–H and O–H groups in total. The van der Waals surface area contributed by atoms with Gasteiger partial charge in [0.05, 0.1) is 12.3 Å². The highest BCUT2D eigenvalue weighted by molar-refractivity contribution is 5.59. The van der Waals surface area contributed by atoms with Crippen LogP contribution < -0.4 is 0 Å². The lowest BCUT2D eigenvalue weighted by atomic mass is 10.1. The van der Waals surface area contributed by atoms with Gasteiger partial charge < -0.3 is 5.11 Å². The summed E-state index contributed by atoms with van der Waals surface area (Å²) in [4.78, 5) is 4.16. The van der Waals surface area contributed by atoms with Crippen LogP contribution in [0.2, 0.25) is 0 Å². The molecule has 2 rings (SSSR count). The number of halogens is 2. The first kappa shape index (κ1) is 12.6. The molecule has 0 unspecified atom stereocenters. The maximum Gasteiger partial charge on any atom is 0.242 e. The molecule has 0 bridgehead atoms. The molecule has 18 heavy (non-hydrogen) atoms. The van der Waals surface area contributed by atoms with Crippen LogP contribution in [0.5, 0.6) is 0 Å².